The quantitative estimate of drug-likeness (QED) is 0.626. The van der Waals surface area contributed by atoms with Gasteiger partial charge in [-0.1, -0.05) is 36.4 Å². The van der Waals surface area contributed by atoms with E-state index in [2.05, 4.69) is 10.1 Å². The van der Waals surface area contributed by atoms with Crippen molar-refractivity contribution in [1.82, 2.24) is 14.8 Å². The van der Waals surface area contributed by atoms with Gasteiger partial charge in [-0.3, -0.25) is 0 Å². The molecular weight excluding hydrogens is 302 g/mol. The third kappa shape index (κ3) is 2.39. The van der Waals surface area contributed by atoms with E-state index in [-0.39, 0.29) is 0 Å². The maximum Gasteiger partial charge on any atom is 0.181 e. The van der Waals surface area contributed by atoms with E-state index in [0.29, 0.717) is 11.6 Å². The first-order valence-electron chi connectivity index (χ1n) is 7.75. The Kier molecular flexibility index (Phi) is 3.43. The van der Waals surface area contributed by atoms with E-state index in [1.165, 1.54) is 0 Å². The van der Waals surface area contributed by atoms with Crippen molar-refractivity contribution in [1.29, 1.82) is 0 Å². The highest BCUT2D eigenvalue weighted by Gasteiger charge is 2.19. The van der Waals surface area contributed by atoms with Gasteiger partial charge >= 0.3 is 0 Å². The van der Waals surface area contributed by atoms with Crippen molar-refractivity contribution in [2.24, 2.45) is 7.05 Å². The number of fused-ring (bicyclic) bond motifs is 1. The van der Waals surface area contributed by atoms with Crippen LogP contribution in [0.5, 0.6) is 0 Å². The average molecular weight is 319 g/mol. The number of furan rings is 1. The molecule has 0 fully saturated rings. The molecule has 2 aromatic heterocycles. The molecule has 0 aliphatic carbocycles. The van der Waals surface area contributed by atoms with E-state index >= 15 is 0 Å². The lowest BCUT2D eigenvalue weighted by molar-refractivity contribution is 0.205. The fraction of sp³-hybridized carbons (Fsp3) is 0.158. The first kappa shape index (κ1) is 14.7. The van der Waals surface area contributed by atoms with Crippen molar-refractivity contribution in [2.75, 3.05) is 0 Å². The van der Waals surface area contributed by atoms with Gasteiger partial charge in [-0.15, -0.1) is 0 Å². The second-order valence-corrected chi connectivity index (χ2v) is 5.86. The van der Waals surface area contributed by atoms with E-state index < -0.39 is 6.10 Å². The summed E-state index contributed by atoms with van der Waals surface area (Å²) < 4.78 is 7.08. The largest absolute Gasteiger partial charge is 0.464 e. The Bertz CT molecular complexity index is 1000. The molecule has 5 nitrogen and oxygen atoms in total. The highest BCUT2D eigenvalue weighted by molar-refractivity contribution is 5.81. The van der Waals surface area contributed by atoms with Crippen LogP contribution in [0.1, 0.15) is 23.1 Å². The van der Waals surface area contributed by atoms with Crippen molar-refractivity contribution >= 4 is 11.0 Å². The number of aliphatic hydroxyl groups excluding tert-OH is 1. The van der Waals surface area contributed by atoms with E-state index in [1.807, 2.05) is 55.5 Å². The van der Waals surface area contributed by atoms with Crippen molar-refractivity contribution in [2.45, 2.75) is 13.0 Å². The standard InChI is InChI=1S/C19H17N3O2/c1-12-11-24-16-9-8-14(10-15(12)16)17(23)19-20-18(21-22(19)2)13-6-4-3-5-7-13/h3-11,17,23H,1-2H3. The zero-order valence-corrected chi connectivity index (χ0v) is 13.5. The van der Waals surface area contributed by atoms with Crippen LogP contribution in [0, 0.1) is 6.92 Å². The van der Waals surface area contributed by atoms with E-state index in [1.54, 1.807) is 18.0 Å². The normalized spacial score (nSPS) is 12.6. The summed E-state index contributed by atoms with van der Waals surface area (Å²) in [6, 6.07) is 15.4. The van der Waals surface area contributed by atoms with Gasteiger partial charge in [0.25, 0.3) is 0 Å². The molecule has 0 spiro atoms. The van der Waals surface area contributed by atoms with Crippen LogP contribution in [-0.2, 0) is 7.05 Å². The van der Waals surface area contributed by atoms with Crippen molar-refractivity contribution in [3.05, 3.63) is 71.7 Å². The van der Waals surface area contributed by atoms with Crippen LogP contribution in [0.4, 0.5) is 0 Å². The summed E-state index contributed by atoms with van der Waals surface area (Å²) in [5, 5.41) is 16.2. The molecular formula is C19H17N3O2. The number of aliphatic hydroxyl groups is 1. The maximum atomic E-state index is 10.8. The molecule has 0 bridgehead atoms. The molecule has 24 heavy (non-hydrogen) atoms. The number of aryl methyl sites for hydroxylation is 2. The molecule has 0 aliphatic rings. The van der Waals surface area contributed by atoms with Crippen LogP contribution in [-0.4, -0.2) is 19.9 Å². The van der Waals surface area contributed by atoms with Crippen LogP contribution in [0.25, 0.3) is 22.4 Å². The van der Waals surface area contributed by atoms with E-state index in [4.69, 9.17) is 4.42 Å². The summed E-state index contributed by atoms with van der Waals surface area (Å²) in [5.74, 6) is 1.11. The highest BCUT2D eigenvalue weighted by Crippen LogP contribution is 2.28. The summed E-state index contributed by atoms with van der Waals surface area (Å²) in [6.07, 6.45) is 0.870. The van der Waals surface area contributed by atoms with Gasteiger partial charge in [0, 0.05) is 18.0 Å². The third-order valence-electron chi connectivity index (χ3n) is 4.18. The molecule has 1 N–H and O–H groups in total. The minimum Gasteiger partial charge on any atom is -0.464 e. The predicted molar refractivity (Wildman–Crippen MR) is 91.5 cm³/mol. The van der Waals surface area contributed by atoms with Crippen LogP contribution in [0.3, 0.4) is 0 Å². The maximum absolute atomic E-state index is 10.8. The lowest BCUT2D eigenvalue weighted by Crippen LogP contribution is -2.07. The van der Waals surface area contributed by atoms with Gasteiger partial charge in [0.15, 0.2) is 11.6 Å². The lowest BCUT2D eigenvalue weighted by Gasteiger charge is -2.10. The number of benzene rings is 2. The molecule has 0 aliphatic heterocycles. The van der Waals surface area contributed by atoms with Crippen LogP contribution in [0.15, 0.2) is 59.2 Å². The molecule has 0 saturated heterocycles. The van der Waals surface area contributed by atoms with Gasteiger partial charge < -0.3 is 9.52 Å². The summed E-state index contributed by atoms with van der Waals surface area (Å²) in [5.41, 5.74) is 3.54. The average Bonchev–Trinajstić information content (AvgIpc) is 3.18. The minimum atomic E-state index is -0.848. The molecule has 0 amide bonds. The van der Waals surface area contributed by atoms with Crippen LogP contribution < -0.4 is 0 Å². The Hall–Kier alpha value is -2.92. The van der Waals surface area contributed by atoms with Crippen molar-refractivity contribution in [3.63, 3.8) is 0 Å². The Balaban J connectivity index is 1.74. The second kappa shape index (κ2) is 5.62. The summed E-state index contributed by atoms with van der Waals surface area (Å²) in [6.45, 7) is 1.98. The Morgan fingerprint density at radius 2 is 1.92 bits per heavy atom. The van der Waals surface area contributed by atoms with Gasteiger partial charge in [-0.05, 0) is 30.2 Å². The van der Waals surface area contributed by atoms with E-state index in [0.717, 1.165) is 27.7 Å². The summed E-state index contributed by atoms with van der Waals surface area (Å²) in [7, 11) is 1.79. The molecule has 2 heterocycles. The second-order valence-electron chi connectivity index (χ2n) is 5.86. The van der Waals surface area contributed by atoms with Crippen LogP contribution in [0.2, 0.25) is 0 Å². The SMILES string of the molecule is Cc1coc2ccc(C(O)c3nc(-c4ccccc4)nn3C)cc12. The topological polar surface area (TPSA) is 64.1 Å². The number of hydrogen-bond acceptors (Lipinski definition) is 4. The zero-order chi connectivity index (χ0) is 16.7. The highest BCUT2D eigenvalue weighted by atomic mass is 16.3. The molecule has 1 unspecified atom stereocenters. The Morgan fingerprint density at radius 1 is 1.12 bits per heavy atom. The minimum absolute atomic E-state index is 0.509. The number of aromatic nitrogens is 3. The smallest absolute Gasteiger partial charge is 0.181 e. The molecule has 1 atom stereocenters. The van der Waals surface area contributed by atoms with Gasteiger partial charge in [-0.25, -0.2) is 9.67 Å². The van der Waals surface area contributed by atoms with Crippen LogP contribution >= 0.6 is 0 Å². The number of rotatable bonds is 3. The molecule has 5 heteroatoms. The first-order chi connectivity index (χ1) is 11.6. The molecule has 2 aromatic carbocycles. The monoisotopic (exact) mass is 319 g/mol. The van der Waals surface area contributed by atoms with Gasteiger partial charge in [-0.2, -0.15) is 5.10 Å². The molecule has 4 aromatic rings. The van der Waals surface area contributed by atoms with Gasteiger partial charge in [0.05, 0.1) is 6.26 Å². The fourth-order valence-corrected chi connectivity index (χ4v) is 2.84. The number of nitrogens with zero attached hydrogens (tertiary/aromatic N) is 3. The van der Waals surface area contributed by atoms with Crippen molar-refractivity contribution in [3.8, 4) is 11.4 Å². The van der Waals surface area contributed by atoms with E-state index in [9.17, 15) is 5.11 Å². The molecule has 4 rings (SSSR count). The van der Waals surface area contributed by atoms with Gasteiger partial charge in [0.2, 0.25) is 0 Å². The fourth-order valence-electron chi connectivity index (χ4n) is 2.84. The first-order valence-corrected chi connectivity index (χ1v) is 7.75. The Labute approximate surface area is 139 Å². The molecule has 0 radical (unpaired) electrons. The lowest BCUT2D eigenvalue weighted by atomic mass is 10.1. The number of hydrogen-bond donors (Lipinski definition) is 1. The third-order valence-corrected chi connectivity index (χ3v) is 4.18. The zero-order valence-electron chi connectivity index (χ0n) is 13.5. The molecule has 120 valence electrons. The van der Waals surface area contributed by atoms with Crippen molar-refractivity contribution < 1.29 is 9.52 Å². The molecule has 0 saturated carbocycles. The summed E-state index contributed by atoms with van der Waals surface area (Å²) >= 11 is 0. The van der Waals surface area contributed by atoms with Gasteiger partial charge in [0.1, 0.15) is 11.7 Å². The summed E-state index contributed by atoms with van der Waals surface area (Å²) in [4.78, 5) is 4.52. The predicted octanol–water partition coefficient (Wildman–Crippen LogP) is 3.62. The Morgan fingerprint density at radius 3 is 2.71 bits per heavy atom.